The van der Waals surface area contributed by atoms with E-state index < -0.39 is 12.3 Å². The van der Waals surface area contributed by atoms with Crippen molar-refractivity contribution < 1.29 is 18.4 Å². The Labute approximate surface area is 258 Å². The molecule has 1 aromatic heterocycles. The fourth-order valence-corrected chi connectivity index (χ4v) is 5.28. The maximum absolute atomic E-state index is 13.4. The number of fused-ring (bicyclic) bond motifs is 1. The van der Waals surface area contributed by atoms with Crippen molar-refractivity contribution in [1.29, 1.82) is 5.26 Å². The van der Waals surface area contributed by atoms with Crippen LogP contribution in [0.1, 0.15) is 82.3 Å². The molecule has 3 aromatic rings. The highest BCUT2D eigenvalue weighted by molar-refractivity contribution is 6.04. The van der Waals surface area contributed by atoms with Crippen LogP contribution >= 0.6 is 0 Å². The first-order valence-corrected chi connectivity index (χ1v) is 15.1. The van der Waals surface area contributed by atoms with E-state index in [1.54, 1.807) is 11.0 Å². The third-order valence-corrected chi connectivity index (χ3v) is 8.23. The number of anilines is 1. The number of halogens is 2. The molecule has 2 N–H and O–H groups in total. The van der Waals surface area contributed by atoms with Gasteiger partial charge in [0.15, 0.2) is 0 Å². The lowest BCUT2D eigenvalue weighted by Crippen LogP contribution is -2.39. The molecule has 0 spiro atoms. The van der Waals surface area contributed by atoms with E-state index in [1.165, 1.54) is 24.3 Å². The Morgan fingerprint density at radius 1 is 1.16 bits per heavy atom. The standard InChI is InChI=1S/C34H42F2N6O2/c1-21(2)15-26(18-37)32(44)41-14-8-11-27(41)20-42-29-13-12-23(19-38-22(3)34(4,5)6)16-28(29)39-33(42)40-31(43)25-10-7-9-24(17-25)30(35)36/h7,9-10,12-13,15-17,21-22,27,30,38H,8,11,14,19-20H2,1-6H3,(H,39,40,43)/b26-15+/t22-,27+/m0/s1. The molecule has 44 heavy (non-hydrogen) atoms. The highest BCUT2D eigenvalue weighted by atomic mass is 19.3. The molecule has 2 atom stereocenters. The monoisotopic (exact) mass is 604 g/mol. The second-order valence-electron chi connectivity index (χ2n) is 12.9. The molecule has 2 amide bonds. The number of carbonyl (C=O) groups is 2. The van der Waals surface area contributed by atoms with Gasteiger partial charge < -0.3 is 14.8 Å². The first kappa shape index (κ1) is 32.8. The Morgan fingerprint density at radius 2 is 1.91 bits per heavy atom. The second-order valence-corrected chi connectivity index (χ2v) is 12.9. The number of alkyl halides is 2. The summed E-state index contributed by atoms with van der Waals surface area (Å²) in [6.07, 6.45) is 0.490. The van der Waals surface area contributed by atoms with Gasteiger partial charge in [-0.15, -0.1) is 0 Å². The highest BCUT2D eigenvalue weighted by Crippen LogP contribution is 2.28. The number of likely N-dealkylation sites (tertiary alicyclic amines) is 1. The number of nitrogens with one attached hydrogen (secondary N) is 2. The van der Waals surface area contributed by atoms with E-state index in [4.69, 9.17) is 4.98 Å². The van der Waals surface area contributed by atoms with E-state index in [1.807, 2.05) is 36.6 Å². The summed E-state index contributed by atoms with van der Waals surface area (Å²) in [7, 11) is 0. The fourth-order valence-electron chi connectivity index (χ4n) is 5.28. The van der Waals surface area contributed by atoms with Crippen LogP contribution in [0, 0.1) is 22.7 Å². The zero-order valence-electron chi connectivity index (χ0n) is 26.3. The highest BCUT2D eigenvalue weighted by Gasteiger charge is 2.32. The molecule has 0 saturated carbocycles. The molecule has 234 valence electrons. The van der Waals surface area contributed by atoms with E-state index in [0.29, 0.717) is 25.2 Å². The number of nitrogens with zero attached hydrogens (tertiary/aromatic N) is 4. The van der Waals surface area contributed by atoms with E-state index in [-0.39, 0.29) is 52.0 Å². The summed E-state index contributed by atoms with van der Waals surface area (Å²) in [6, 6.07) is 13.4. The Hall–Kier alpha value is -4.10. The molecule has 10 heteroatoms. The van der Waals surface area contributed by atoms with Crippen LogP contribution in [0.4, 0.5) is 14.7 Å². The number of carbonyl (C=O) groups excluding carboxylic acids is 2. The van der Waals surface area contributed by atoms with Crippen molar-refractivity contribution >= 4 is 28.8 Å². The quantitative estimate of drug-likeness (QED) is 0.195. The van der Waals surface area contributed by atoms with Crippen molar-refractivity contribution in [3.63, 3.8) is 0 Å². The van der Waals surface area contributed by atoms with Crippen molar-refractivity contribution in [3.8, 4) is 6.07 Å². The number of benzene rings is 2. The van der Waals surface area contributed by atoms with Gasteiger partial charge in [-0.05, 0) is 60.9 Å². The van der Waals surface area contributed by atoms with Crippen molar-refractivity contribution in [2.45, 2.75) is 86.0 Å². The maximum atomic E-state index is 13.4. The van der Waals surface area contributed by atoms with Crippen LogP contribution in [0.2, 0.25) is 0 Å². The van der Waals surface area contributed by atoms with Gasteiger partial charge in [0.1, 0.15) is 11.6 Å². The average Bonchev–Trinajstić information content (AvgIpc) is 3.57. The van der Waals surface area contributed by atoms with Crippen LogP contribution in [-0.4, -0.2) is 44.9 Å². The Morgan fingerprint density at radius 3 is 2.57 bits per heavy atom. The molecule has 0 unspecified atom stereocenters. The maximum Gasteiger partial charge on any atom is 0.264 e. The molecule has 2 heterocycles. The minimum atomic E-state index is -2.70. The van der Waals surface area contributed by atoms with Gasteiger partial charge in [0.25, 0.3) is 18.2 Å². The fraction of sp³-hybridized carbons (Fsp3) is 0.471. The summed E-state index contributed by atoms with van der Waals surface area (Å²) in [6.45, 7) is 14.0. The number of amides is 2. The lowest BCUT2D eigenvalue weighted by atomic mass is 9.88. The van der Waals surface area contributed by atoms with Crippen LogP contribution in [0.15, 0.2) is 54.1 Å². The lowest BCUT2D eigenvalue weighted by molar-refractivity contribution is -0.127. The molecule has 0 radical (unpaired) electrons. The number of hydrogen-bond donors (Lipinski definition) is 2. The van der Waals surface area contributed by atoms with Crippen LogP contribution in [0.25, 0.3) is 11.0 Å². The molecule has 1 fully saturated rings. The first-order chi connectivity index (χ1) is 20.8. The summed E-state index contributed by atoms with van der Waals surface area (Å²) in [5.74, 6) is -0.550. The minimum Gasteiger partial charge on any atom is -0.333 e. The zero-order chi connectivity index (χ0) is 32.2. The Kier molecular flexibility index (Phi) is 10.2. The molecule has 1 aliphatic heterocycles. The minimum absolute atomic E-state index is 0.0488. The number of allylic oxidation sites excluding steroid dienone is 1. The molecule has 0 bridgehead atoms. The predicted molar refractivity (Wildman–Crippen MR) is 168 cm³/mol. The molecule has 1 aliphatic rings. The molecular formula is C34H42F2N6O2. The van der Waals surface area contributed by atoms with Crippen LogP contribution in [0.5, 0.6) is 0 Å². The number of imidazole rings is 1. The second kappa shape index (κ2) is 13.7. The molecule has 8 nitrogen and oxygen atoms in total. The lowest BCUT2D eigenvalue weighted by Gasteiger charge is -2.28. The van der Waals surface area contributed by atoms with Gasteiger partial charge in [-0.25, -0.2) is 13.8 Å². The van der Waals surface area contributed by atoms with Crippen molar-refractivity contribution in [3.05, 3.63) is 70.8 Å². The van der Waals surface area contributed by atoms with Gasteiger partial charge in [-0.2, -0.15) is 5.26 Å². The summed E-state index contributed by atoms with van der Waals surface area (Å²) < 4.78 is 28.5. The number of aromatic nitrogens is 2. The van der Waals surface area contributed by atoms with Gasteiger partial charge in [-0.1, -0.05) is 58.9 Å². The smallest absolute Gasteiger partial charge is 0.264 e. The van der Waals surface area contributed by atoms with Crippen molar-refractivity contribution in [1.82, 2.24) is 19.8 Å². The number of hydrogen-bond acceptors (Lipinski definition) is 5. The largest absolute Gasteiger partial charge is 0.333 e. The molecule has 4 rings (SSSR count). The summed E-state index contributed by atoms with van der Waals surface area (Å²) in [4.78, 5) is 33.1. The Bertz CT molecular complexity index is 1580. The molecule has 2 aromatic carbocycles. The zero-order valence-corrected chi connectivity index (χ0v) is 26.3. The average molecular weight is 605 g/mol. The van der Waals surface area contributed by atoms with Gasteiger partial charge in [0.2, 0.25) is 5.95 Å². The van der Waals surface area contributed by atoms with Crippen LogP contribution in [0.3, 0.4) is 0 Å². The third-order valence-electron chi connectivity index (χ3n) is 8.23. The van der Waals surface area contributed by atoms with E-state index in [2.05, 4.69) is 44.4 Å². The molecule has 0 aliphatic carbocycles. The van der Waals surface area contributed by atoms with Crippen molar-refractivity contribution in [2.24, 2.45) is 11.3 Å². The summed E-state index contributed by atoms with van der Waals surface area (Å²) in [5, 5.41) is 16.1. The van der Waals surface area contributed by atoms with E-state index >= 15 is 0 Å². The number of rotatable bonds is 10. The summed E-state index contributed by atoms with van der Waals surface area (Å²) in [5.41, 5.74) is 2.52. The van der Waals surface area contributed by atoms with E-state index in [0.717, 1.165) is 23.9 Å². The predicted octanol–water partition coefficient (Wildman–Crippen LogP) is 6.85. The van der Waals surface area contributed by atoms with Crippen LogP contribution < -0.4 is 10.6 Å². The van der Waals surface area contributed by atoms with Gasteiger partial charge in [0.05, 0.1) is 17.1 Å². The summed E-state index contributed by atoms with van der Waals surface area (Å²) >= 11 is 0. The molecule has 1 saturated heterocycles. The normalized spacial score (nSPS) is 16.5. The van der Waals surface area contributed by atoms with E-state index in [9.17, 15) is 23.6 Å². The van der Waals surface area contributed by atoms with Crippen molar-refractivity contribution in [2.75, 3.05) is 11.9 Å². The first-order valence-electron chi connectivity index (χ1n) is 15.1. The molecular weight excluding hydrogens is 562 g/mol. The van der Waals surface area contributed by atoms with Gasteiger partial charge >= 0.3 is 0 Å². The Balaban J connectivity index is 1.68. The SMILES string of the molecule is CC(C)/C=C(\C#N)C(=O)N1CCC[C@@H]1Cn1c(NC(=O)c2cccc(C(F)F)c2)nc2cc(CN[C@@H](C)C(C)(C)C)ccc21. The van der Waals surface area contributed by atoms with Gasteiger partial charge in [-0.3, -0.25) is 14.9 Å². The van der Waals surface area contributed by atoms with Crippen LogP contribution in [-0.2, 0) is 17.9 Å². The third kappa shape index (κ3) is 7.69. The topological polar surface area (TPSA) is 103 Å². The van der Waals surface area contributed by atoms with Gasteiger partial charge in [0, 0.05) is 36.8 Å². The number of nitriles is 1.